The molecule has 2 rings (SSSR count). The van der Waals surface area contributed by atoms with Crippen molar-refractivity contribution in [1.82, 2.24) is 19.7 Å². The lowest BCUT2D eigenvalue weighted by Crippen LogP contribution is -2.36. The highest BCUT2D eigenvalue weighted by atomic mass is 79.9. The van der Waals surface area contributed by atoms with Crippen LogP contribution < -0.4 is 4.72 Å². The van der Waals surface area contributed by atoms with Crippen LogP contribution in [0.4, 0.5) is 0 Å². The first-order valence-corrected chi connectivity index (χ1v) is 8.89. The smallest absolute Gasteiger partial charge is 0.260 e. The fraction of sp³-hybridized carbons (Fsp3) is 0.818. The van der Waals surface area contributed by atoms with E-state index in [0.29, 0.717) is 6.54 Å². The van der Waals surface area contributed by atoms with E-state index in [1.807, 2.05) is 0 Å². The molecule has 2 unspecified atom stereocenters. The lowest BCUT2D eigenvalue weighted by molar-refractivity contribution is 0.136. The van der Waals surface area contributed by atoms with Crippen LogP contribution in [0.15, 0.2) is 9.63 Å². The minimum absolute atomic E-state index is 0.0221. The van der Waals surface area contributed by atoms with Crippen molar-refractivity contribution in [2.45, 2.75) is 30.7 Å². The van der Waals surface area contributed by atoms with Crippen molar-refractivity contribution in [2.24, 2.45) is 18.9 Å². The standard InChI is InChI=1S/C11H19BrN4O3S/c1-16-11(10(12)14-15-16)20(18,19)13-6-8-4-2-3-5-9(8)7-17/h8-9,13,17H,2-7H2,1H3. The van der Waals surface area contributed by atoms with Crippen LogP contribution in [0, 0.1) is 11.8 Å². The molecule has 1 fully saturated rings. The maximum absolute atomic E-state index is 12.3. The van der Waals surface area contributed by atoms with E-state index < -0.39 is 10.0 Å². The van der Waals surface area contributed by atoms with E-state index in [-0.39, 0.29) is 28.1 Å². The molecule has 1 aromatic rings. The summed E-state index contributed by atoms with van der Waals surface area (Å²) in [7, 11) is -2.12. The second-order valence-electron chi connectivity index (χ2n) is 5.15. The fourth-order valence-electron chi connectivity index (χ4n) is 2.69. The van der Waals surface area contributed by atoms with Gasteiger partial charge in [-0.25, -0.2) is 17.8 Å². The number of aryl methyl sites for hydroxylation is 1. The van der Waals surface area contributed by atoms with Crippen molar-refractivity contribution in [3.8, 4) is 0 Å². The van der Waals surface area contributed by atoms with Crippen LogP contribution in [-0.4, -0.2) is 41.7 Å². The lowest BCUT2D eigenvalue weighted by Gasteiger charge is -2.30. The molecule has 1 heterocycles. The third kappa shape index (κ3) is 3.38. The third-order valence-electron chi connectivity index (χ3n) is 3.83. The molecule has 1 aliphatic carbocycles. The van der Waals surface area contributed by atoms with Gasteiger partial charge in [0, 0.05) is 20.2 Å². The highest BCUT2D eigenvalue weighted by Crippen LogP contribution is 2.29. The van der Waals surface area contributed by atoms with E-state index in [0.717, 1.165) is 25.7 Å². The van der Waals surface area contributed by atoms with Crippen molar-refractivity contribution in [1.29, 1.82) is 0 Å². The Labute approximate surface area is 126 Å². The minimum Gasteiger partial charge on any atom is -0.396 e. The third-order valence-corrected chi connectivity index (χ3v) is 6.14. The predicted octanol–water partition coefficient (Wildman–Crippen LogP) is 0.655. The maximum atomic E-state index is 12.3. The Balaban J connectivity index is 2.06. The lowest BCUT2D eigenvalue weighted by atomic mass is 9.80. The van der Waals surface area contributed by atoms with E-state index in [1.54, 1.807) is 0 Å². The van der Waals surface area contributed by atoms with Gasteiger partial charge < -0.3 is 5.11 Å². The zero-order valence-electron chi connectivity index (χ0n) is 11.3. The quantitative estimate of drug-likeness (QED) is 0.797. The van der Waals surface area contributed by atoms with Gasteiger partial charge in [0.1, 0.15) is 0 Å². The van der Waals surface area contributed by atoms with Crippen LogP contribution in [0.5, 0.6) is 0 Å². The molecular weight excluding hydrogens is 348 g/mol. The minimum atomic E-state index is -3.65. The number of rotatable bonds is 5. The molecule has 0 spiro atoms. The van der Waals surface area contributed by atoms with Crippen molar-refractivity contribution < 1.29 is 13.5 Å². The number of hydrogen-bond donors (Lipinski definition) is 2. The Hall–Kier alpha value is -0.510. The van der Waals surface area contributed by atoms with Crippen LogP contribution in [0.25, 0.3) is 0 Å². The molecule has 0 amide bonds. The summed E-state index contributed by atoms with van der Waals surface area (Å²) >= 11 is 3.09. The molecule has 9 heteroatoms. The molecule has 1 aliphatic rings. The van der Waals surface area contributed by atoms with Gasteiger partial charge in [0.2, 0.25) is 5.03 Å². The predicted molar refractivity (Wildman–Crippen MR) is 76.4 cm³/mol. The molecule has 1 aromatic heterocycles. The average molecular weight is 367 g/mol. The molecule has 0 radical (unpaired) electrons. The Morgan fingerprint density at radius 3 is 2.60 bits per heavy atom. The van der Waals surface area contributed by atoms with Crippen molar-refractivity contribution in [3.05, 3.63) is 4.60 Å². The van der Waals surface area contributed by atoms with E-state index in [4.69, 9.17) is 0 Å². The molecule has 2 N–H and O–H groups in total. The molecule has 7 nitrogen and oxygen atoms in total. The van der Waals surface area contributed by atoms with Gasteiger partial charge in [-0.2, -0.15) is 0 Å². The number of aliphatic hydroxyl groups is 1. The monoisotopic (exact) mass is 366 g/mol. The number of sulfonamides is 1. The molecule has 0 aromatic carbocycles. The average Bonchev–Trinajstić information content (AvgIpc) is 2.77. The zero-order chi connectivity index (χ0) is 14.8. The van der Waals surface area contributed by atoms with Crippen molar-refractivity contribution >= 4 is 26.0 Å². The topological polar surface area (TPSA) is 97.1 Å². The number of nitrogens with one attached hydrogen (secondary N) is 1. The van der Waals surface area contributed by atoms with Gasteiger partial charge in [-0.05, 0) is 40.6 Å². The highest BCUT2D eigenvalue weighted by molar-refractivity contribution is 9.10. The summed E-state index contributed by atoms with van der Waals surface area (Å²) in [6.45, 7) is 0.453. The molecule has 20 heavy (non-hydrogen) atoms. The second kappa shape index (κ2) is 6.50. The first-order chi connectivity index (χ1) is 9.45. The first-order valence-electron chi connectivity index (χ1n) is 6.61. The maximum Gasteiger partial charge on any atom is 0.260 e. The summed E-state index contributed by atoms with van der Waals surface area (Å²) in [5, 5.41) is 16.7. The first kappa shape index (κ1) is 15.9. The molecule has 2 atom stereocenters. The summed E-state index contributed by atoms with van der Waals surface area (Å²) in [6, 6.07) is 0. The number of nitrogens with zero attached hydrogens (tertiary/aromatic N) is 3. The molecule has 0 aliphatic heterocycles. The van der Waals surface area contributed by atoms with Crippen molar-refractivity contribution in [3.63, 3.8) is 0 Å². The second-order valence-corrected chi connectivity index (χ2v) is 7.58. The molecule has 0 bridgehead atoms. The molecular formula is C11H19BrN4O3S. The van der Waals surface area contributed by atoms with Gasteiger partial charge in [0.15, 0.2) is 4.60 Å². The number of halogens is 1. The van der Waals surface area contributed by atoms with Gasteiger partial charge in [-0.1, -0.05) is 18.1 Å². The van der Waals surface area contributed by atoms with E-state index in [1.165, 1.54) is 11.7 Å². The van der Waals surface area contributed by atoms with Crippen LogP contribution in [0.2, 0.25) is 0 Å². The summed E-state index contributed by atoms with van der Waals surface area (Å²) in [6.07, 6.45) is 4.09. The Bertz CT molecular complexity index is 541. The van der Waals surface area contributed by atoms with E-state index in [2.05, 4.69) is 31.0 Å². The van der Waals surface area contributed by atoms with Gasteiger partial charge in [0.25, 0.3) is 10.0 Å². The molecule has 114 valence electrons. The Morgan fingerprint density at radius 2 is 2.05 bits per heavy atom. The van der Waals surface area contributed by atoms with Gasteiger partial charge in [-0.15, -0.1) is 5.10 Å². The van der Waals surface area contributed by atoms with E-state index >= 15 is 0 Å². The molecule has 0 saturated heterocycles. The number of aromatic nitrogens is 3. The van der Waals surface area contributed by atoms with Crippen LogP contribution >= 0.6 is 15.9 Å². The Kier molecular flexibility index (Phi) is 5.16. The van der Waals surface area contributed by atoms with Crippen LogP contribution in [0.1, 0.15) is 25.7 Å². The highest BCUT2D eigenvalue weighted by Gasteiger charge is 2.28. The number of hydrogen-bond acceptors (Lipinski definition) is 5. The normalized spacial score (nSPS) is 23.9. The summed E-state index contributed by atoms with van der Waals surface area (Å²) in [5.74, 6) is 0.364. The summed E-state index contributed by atoms with van der Waals surface area (Å²) in [5.41, 5.74) is 0. The Morgan fingerprint density at radius 1 is 1.40 bits per heavy atom. The zero-order valence-corrected chi connectivity index (χ0v) is 13.7. The van der Waals surface area contributed by atoms with Crippen LogP contribution in [-0.2, 0) is 17.1 Å². The van der Waals surface area contributed by atoms with E-state index in [9.17, 15) is 13.5 Å². The van der Waals surface area contributed by atoms with Gasteiger partial charge >= 0.3 is 0 Å². The van der Waals surface area contributed by atoms with Crippen molar-refractivity contribution in [2.75, 3.05) is 13.2 Å². The van der Waals surface area contributed by atoms with Crippen LogP contribution in [0.3, 0.4) is 0 Å². The SMILES string of the molecule is Cn1nnc(Br)c1S(=O)(=O)NCC1CCCCC1CO. The number of aliphatic hydroxyl groups excluding tert-OH is 1. The summed E-state index contributed by atoms with van der Waals surface area (Å²) in [4.78, 5) is 0. The fourth-order valence-corrected chi connectivity index (χ4v) is 4.87. The largest absolute Gasteiger partial charge is 0.396 e. The summed E-state index contributed by atoms with van der Waals surface area (Å²) < 4.78 is 28.6. The van der Waals surface area contributed by atoms with Gasteiger partial charge in [-0.3, -0.25) is 0 Å². The van der Waals surface area contributed by atoms with Gasteiger partial charge in [0.05, 0.1) is 0 Å². The molecule has 1 saturated carbocycles.